The minimum Gasteiger partial charge on any atom is -0.369 e. The molecule has 0 saturated carbocycles. The summed E-state index contributed by atoms with van der Waals surface area (Å²) in [6.45, 7) is 6.91. The Kier molecular flexibility index (Phi) is 4.87. The molecule has 0 aliphatic heterocycles. The van der Waals surface area contributed by atoms with Gasteiger partial charge in [-0.2, -0.15) is 0 Å². The van der Waals surface area contributed by atoms with Gasteiger partial charge in [0.25, 0.3) is 5.91 Å². The maximum absolute atomic E-state index is 12.2. The molecule has 21 heavy (non-hydrogen) atoms. The summed E-state index contributed by atoms with van der Waals surface area (Å²) in [6, 6.07) is 9.25. The number of benzene rings is 1. The minimum absolute atomic E-state index is 0.252. The lowest BCUT2D eigenvalue weighted by Gasteiger charge is -2.10. The van der Waals surface area contributed by atoms with Gasteiger partial charge in [-0.1, -0.05) is 19.1 Å². The van der Waals surface area contributed by atoms with E-state index in [1.54, 1.807) is 12.1 Å². The van der Waals surface area contributed by atoms with E-state index in [4.69, 9.17) is 0 Å². The van der Waals surface area contributed by atoms with E-state index in [0.29, 0.717) is 11.5 Å². The number of nitrogens with zero attached hydrogens (tertiary/aromatic N) is 2. The number of nitrogens with one attached hydrogen (secondary N) is 2. The highest BCUT2D eigenvalue weighted by Gasteiger charge is 2.10. The molecule has 5 heteroatoms. The normalized spacial score (nSPS) is 10.2. The Morgan fingerprint density at radius 1 is 1.14 bits per heavy atom. The van der Waals surface area contributed by atoms with Crippen LogP contribution >= 0.6 is 0 Å². The molecule has 2 aromatic rings. The van der Waals surface area contributed by atoms with Crippen LogP contribution in [0, 0.1) is 13.8 Å². The second-order valence-electron chi connectivity index (χ2n) is 4.93. The Hall–Kier alpha value is -2.43. The maximum Gasteiger partial charge on any atom is 0.276 e. The molecule has 1 heterocycles. The summed E-state index contributed by atoms with van der Waals surface area (Å²) in [5, 5.41) is 13.9. The SMILES string of the molecule is CCCNc1ccc(C(=O)Nc2cccc(C)c2C)nn1. The Labute approximate surface area is 124 Å². The fourth-order valence-electron chi connectivity index (χ4n) is 1.87. The molecule has 0 atom stereocenters. The molecule has 2 N–H and O–H groups in total. The Balaban J connectivity index is 2.08. The summed E-state index contributed by atoms with van der Waals surface area (Å²) >= 11 is 0. The van der Waals surface area contributed by atoms with Crippen molar-refractivity contribution in [3.63, 3.8) is 0 Å². The molecule has 0 unspecified atom stereocenters. The molecule has 1 aromatic carbocycles. The smallest absolute Gasteiger partial charge is 0.276 e. The largest absolute Gasteiger partial charge is 0.369 e. The van der Waals surface area contributed by atoms with Gasteiger partial charge in [-0.3, -0.25) is 4.79 Å². The summed E-state index contributed by atoms with van der Waals surface area (Å²) in [6.07, 6.45) is 1.01. The molecule has 0 radical (unpaired) electrons. The first-order valence-electron chi connectivity index (χ1n) is 7.07. The molecular formula is C16H20N4O. The molecule has 1 amide bonds. The van der Waals surface area contributed by atoms with Gasteiger partial charge in [0, 0.05) is 12.2 Å². The van der Waals surface area contributed by atoms with Gasteiger partial charge >= 0.3 is 0 Å². The molecule has 5 nitrogen and oxygen atoms in total. The summed E-state index contributed by atoms with van der Waals surface area (Å²) in [5.41, 5.74) is 3.30. The fourth-order valence-corrected chi connectivity index (χ4v) is 1.87. The van der Waals surface area contributed by atoms with E-state index in [1.807, 2.05) is 32.0 Å². The quantitative estimate of drug-likeness (QED) is 0.885. The lowest BCUT2D eigenvalue weighted by Crippen LogP contribution is -2.15. The van der Waals surface area contributed by atoms with Gasteiger partial charge < -0.3 is 10.6 Å². The first kappa shape index (κ1) is 15.0. The van der Waals surface area contributed by atoms with Gasteiger partial charge in [0.1, 0.15) is 5.82 Å². The van der Waals surface area contributed by atoms with Gasteiger partial charge in [-0.15, -0.1) is 10.2 Å². The highest BCUT2D eigenvalue weighted by molar-refractivity contribution is 6.03. The lowest BCUT2D eigenvalue weighted by atomic mass is 10.1. The topological polar surface area (TPSA) is 66.9 Å². The van der Waals surface area contributed by atoms with E-state index in [9.17, 15) is 4.79 Å². The number of aromatic nitrogens is 2. The molecule has 0 aliphatic carbocycles. The van der Waals surface area contributed by atoms with Crippen molar-refractivity contribution in [1.29, 1.82) is 0 Å². The lowest BCUT2D eigenvalue weighted by molar-refractivity contribution is 0.102. The van der Waals surface area contributed by atoms with Crippen molar-refractivity contribution in [2.75, 3.05) is 17.2 Å². The minimum atomic E-state index is -0.252. The van der Waals surface area contributed by atoms with Crippen LogP contribution in [0.3, 0.4) is 0 Å². The average molecular weight is 284 g/mol. The van der Waals surface area contributed by atoms with Crippen LogP contribution in [0.15, 0.2) is 30.3 Å². The van der Waals surface area contributed by atoms with Crippen molar-refractivity contribution >= 4 is 17.4 Å². The molecule has 0 spiro atoms. The van der Waals surface area contributed by atoms with Crippen LogP contribution in [0.25, 0.3) is 0 Å². The van der Waals surface area contributed by atoms with Crippen LogP contribution in [0.4, 0.5) is 11.5 Å². The standard InChI is InChI=1S/C16H20N4O/c1-4-10-17-15-9-8-14(19-20-15)16(21)18-13-7-5-6-11(2)12(13)3/h5-9H,4,10H2,1-3H3,(H,17,20)(H,18,21). The molecule has 0 bridgehead atoms. The van der Waals surface area contributed by atoms with E-state index >= 15 is 0 Å². The van der Waals surface area contributed by atoms with Crippen molar-refractivity contribution in [3.8, 4) is 0 Å². The zero-order valence-electron chi connectivity index (χ0n) is 12.6. The molecule has 0 fully saturated rings. The number of amides is 1. The second-order valence-corrected chi connectivity index (χ2v) is 4.93. The van der Waals surface area contributed by atoms with E-state index in [-0.39, 0.29) is 5.91 Å². The van der Waals surface area contributed by atoms with Gasteiger partial charge in [0.05, 0.1) is 0 Å². The molecule has 0 aliphatic rings. The number of hydrogen-bond acceptors (Lipinski definition) is 4. The zero-order chi connectivity index (χ0) is 15.2. The van der Waals surface area contributed by atoms with Gasteiger partial charge in [-0.25, -0.2) is 0 Å². The highest BCUT2D eigenvalue weighted by atomic mass is 16.1. The van der Waals surface area contributed by atoms with Crippen LogP contribution in [0.5, 0.6) is 0 Å². The fraction of sp³-hybridized carbons (Fsp3) is 0.312. The third-order valence-electron chi connectivity index (χ3n) is 3.31. The van der Waals surface area contributed by atoms with Crippen molar-refractivity contribution in [3.05, 3.63) is 47.2 Å². The molecule has 2 rings (SSSR count). The van der Waals surface area contributed by atoms with Crippen molar-refractivity contribution in [1.82, 2.24) is 10.2 Å². The van der Waals surface area contributed by atoms with Crippen LogP contribution in [-0.4, -0.2) is 22.6 Å². The highest BCUT2D eigenvalue weighted by Crippen LogP contribution is 2.18. The van der Waals surface area contributed by atoms with Crippen LogP contribution in [0.1, 0.15) is 35.0 Å². The number of carbonyl (C=O) groups is 1. The van der Waals surface area contributed by atoms with E-state index < -0.39 is 0 Å². The second kappa shape index (κ2) is 6.83. The van der Waals surface area contributed by atoms with Gasteiger partial charge in [-0.05, 0) is 49.6 Å². The Morgan fingerprint density at radius 2 is 1.95 bits per heavy atom. The van der Waals surface area contributed by atoms with E-state index in [2.05, 4.69) is 27.8 Å². The Bertz CT molecular complexity index is 623. The van der Waals surface area contributed by atoms with Gasteiger partial charge in [0.2, 0.25) is 0 Å². The van der Waals surface area contributed by atoms with Crippen LogP contribution < -0.4 is 10.6 Å². The van der Waals surface area contributed by atoms with Gasteiger partial charge in [0.15, 0.2) is 5.69 Å². The first-order chi connectivity index (χ1) is 10.1. The van der Waals surface area contributed by atoms with E-state index in [0.717, 1.165) is 29.8 Å². The van der Waals surface area contributed by atoms with E-state index in [1.165, 1.54) is 0 Å². The number of anilines is 2. The monoisotopic (exact) mass is 284 g/mol. The van der Waals surface area contributed by atoms with Crippen molar-refractivity contribution < 1.29 is 4.79 Å². The summed E-state index contributed by atoms with van der Waals surface area (Å²) < 4.78 is 0. The van der Waals surface area contributed by atoms with Crippen molar-refractivity contribution in [2.45, 2.75) is 27.2 Å². The summed E-state index contributed by atoms with van der Waals surface area (Å²) in [5.74, 6) is 0.429. The number of hydrogen-bond donors (Lipinski definition) is 2. The third-order valence-corrected chi connectivity index (χ3v) is 3.31. The molecule has 0 saturated heterocycles. The number of aryl methyl sites for hydroxylation is 1. The van der Waals surface area contributed by atoms with Crippen molar-refractivity contribution in [2.24, 2.45) is 0 Å². The predicted octanol–water partition coefficient (Wildman–Crippen LogP) is 3.17. The molecule has 1 aromatic heterocycles. The third kappa shape index (κ3) is 3.78. The summed E-state index contributed by atoms with van der Waals surface area (Å²) in [7, 11) is 0. The van der Waals surface area contributed by atoms with Crippen LogP contribution in [-0.2, 0) is 0 Å². The average Bonchev–Trinajstić information content (AvgIpc) is 2.50. The predicted molar refractivity (Wildman–Crippen MR) is 84.7 cm³/mol. The summed E-state index contributed by atoms with van der Waals surface area (Å²) in [4.78, 5) is 12.2. The first-order valence-corrected chi connectivity index (χ1v) is 7.07. The Morgan fingerprint density at radius 3 is 2.62 bits per heavy atom. The zero-order valence-corrected chi connectivity index (χ0v) is 12.6. The molecular weight excluding hydrogens is 264 g/mol. The number of carbonyl (C=O) groups excluding carboxylic acids is 1. The maximum atomic E-state index is 12.2. The molecule has 110 valence electrons. The number of rotatable bonds is 5. The van der Waals surface area contributed by atoms with Crippen LogP contribution in [0.2, 0.25) is 0 Å².